The lowest BCUT2D eigenvalue weighted by atomic mass is 10.1. The SMILES string of the molecule is Cc1ccc(NC(=O)c2c(C)coc2C)c(C)c1. The topological polar surface area (TPSA) is 42.2 Å². The zero-order valence-electron chi connectivity index (χ0n) is 11.1. The number of benzene rings is 1. The third kappa shape index (κ3) is 2.30. The normalized spacial score (nSPS) is 10.4. The zero-order valence-corrected chi connectivity index (χ0v) is 11.1. The van der Waals surface area contributed by atoms with Crippen molar-refractivity contribution in [1.82, 2.24) is 0 Å². The van der Waals surface area contributed by atoms with Crippen molar-refractivity contribution in [3.05, 3.63) is 52.5 Å². The van der Waals surface area contributed by atoms with Crippen molar-refractivity contribution in [2.24, 2.45) is 0 Å². The molecule has 1 amide bonds. The smallest absolute Gasteiger partial charge is 0.259 e. The van der Waals surface area contributed by atoms with Gasteiger partial charge in [-0.15, -0.1) is 0 Å². The maximum Gasteiger partial charge on any atom is 0.259 e. The Bertz CT molecular complexity index is 577. The van der Waals surface area contributed by atoms with Gasteiger partial charge in [0.1, 0.15) is 5.76 Å². The summed E-state index contributed by atoms with van der Waals surface area (Å²) in [7, 11) is 0. The number of nitrogens with one attached hydrogen (secondary N) is 1. The van der Waals surface area contributed by atoms with Crippen molar-refractivity contribution < 1.29 is 9.21 Å². The molecule has 1 N–H and O–H groups in total. The maximum absolute atomic E-state index is 12.2. The van der Waals surface area contributed by atoms with E-state index in [4.69, 9.17) is 4.42 Å². The number of carbonyl (C=O) groups is 1. The van der Waals surface area contributed by atoms with E-state index in [1.54, 1.807) is 13.2 Å². The van der Waals surface area contributed by atoms with Crippen LogP contribution in [-0.4, -0.2) is 5.91 Å². The largest absolute Gasteiger partial charge is 0.469 e. The Morgan fingerprint density at radius 1 is 1.11 bits per heavy atom. The molecule has 0 unspecified atom stereocenters. The lowest BCUT2D eigenvalue weighted by Gasteiger charge is -2.09. The molecule has 1 aromatic heterocycles. The van der Waals surface area contributed by atoms with Crippen LogP contribution < -0.4 is 5.32 Å². The van der Waals surface area contributed by atoms with Crippen molar-refractivity contribution in [3.63, 3.8) is 0 Å². The van der Waals surface area contributed by atoms with Gasteiger partial charge in [-0.3, -0.25) is 4.79 Å². The molecule has 18 heavy (non-hydrogen) atoms. The van der Waals surface area contributed by atoms with Gasteiger partial charge in [0.05, 0.1) is 11.8 Å². The van der Waals surface area contributed by atoms with Gasteiger partial charge in [-0.05, 0) is 39.3 Å². The average molecular weight is 243 g/mol. The number of furan rings is 1. The molecule has 1 heterocycles. The third-order valence-electron chi connectivity index (χ3n) is 3.02. The first-order valence-electron chi connectivity index (χ1n) is 5.92. The first-order valence-corrected chi connectivity index (χ1v) is 5.92. The van der Waals surface area contributed by atoms with Crippen LogP contribution in [0, 0.1) is 27.7 Å². The van der Waals surface area contributed by atoms with Crippen LogP contribution >= 0.6 is 0 Å². The highest BCUT2D eigenvalue weighted by molar-refractivity contribution is 6.06. The summed E-state index contributed by atoms with van der Waals surface area (Å²) in [6.45, 7) is 7.68. The second kappa shape index (κ2) is 4.69. The van der Waals surface area contributed by atoms with Crippen LogP contribution in [0.25, 0.3) is 0 Å². The summed E-state index contributed by atoms with van der Waals surface area (Å²) in [5.41, 5.74) is 4.55. The standard InChI is InChI=1S/C15H17NO2/c1-9-5-6-13(10(2)7-9)16-15(17)14-11(3)8-18-12(14)4/h5-8H,1-4H3,(H,16,17). The first kappa shape index (κ1) is 12.4. The fraction of sp³-hybridized carbons (Fsp3) is 0.267. The molecule has 0 fully saturated rings. The van der Waals surface area contributed by atoms with Gasteiger partial charge in [-0.25, -0.2) is 0 Å². The quantitative estimate of drug-likeness (QED) is 0.872. The van der Waals surface area contributed by atoms with Gasteiger partial charge < -0.3 is 9.73 Å². The van der Waals surface area contributed by atoms with Crippen molar-refractivity contribution in [2.75, 3.05) is 5.32 Å². The molecule has 2 aromatic rings. The maximum atomic E-state index is 12.2. The number of aryl methyl sites for hydroxylation is 4. The van der Waals surface area contributed by atoms with Crippen LogP contribution in [0.2, 0.25) is 0 Å². The minimum Gasteiger partial charge on any atom is -0.469 e. The molecule has 2 rings (SSSR count). The zero-order chi connectivity index (χ0) is 13.3. The molecule has 0 spiro atoms. The summed E-state index contributed by atoms with van der Waals surface area (Å²) in [4.78, 5) is 12.2. The number of amides is 1. The Balaban J connectivity index is 2.27. The highest BCUT2D eigenvalue weighted by atomic mass is 16.3. The second-order valence-electron chi connectivity index (χ2n) is 4.62. The molecule has 94 valence electrons. The summed E-state index contributed by atoms with van der Waals surface area (Å²) >= 11 is 0. The molecule has 0 atom stereocenters. The van der Waals surface area contributed by atoms with Gasteiger partial charge in [0.15, 0.2) is 0 Å². The fourth-order valence-corrected chi connectivity index (χ4v) is 2.05. The van der Waals surface area contributed by atoms with E-state index in [0.29, 0.717) is 11.3 Å². The van der Waals surface area contributed by atoms with E-state index in [0.717, 1.165) is 16.8 Å². The number of carbonyl (C=O) groups excluding carboxylic acids is 1. The molecular formula is C15H17NO2. The molecule has 3 heteroatoms. The van der Waals surface area contributed by atoms with E-state index in [9.17, 15) is 4.79 Å². The summed E-state index contributed by atoms with van der Waals surface area (Å²) in [6.07, 6.45) is 1.60. The molecule has 1 aromatic carbocycles. The molecule has 0 saturated heterocycles. The average Bonchev–Trinajstić information content (AvgIpc) is 2.62. The summed E-state index contributed by atoms with van der Waals surface area (Å²) in [5, 5.41) is 2.92. The van der Waals surface area contributed by atoms with Gasteiger partial charge in [0, 0.05) is 11.3 Å². The number of anilines is 1. The van der Waals surface area contributed by atoms with Crippen LogP contribution in [0.4, 0.5) is 5.69 Å². The predicted octanol–water partition coefficient (Wildman–Crippen LogP) is 3.77. The molecule has 0 aliphatic heterocycles. The van der Waals surface area contributed by atoms with E-state index in [2.05, 4.69) is 5.32 Å². The summed E-state index contributed by atoms with van der Waals surface area (Å²) in [5.74, 6) is 0.528. The second-order valence-corrected chi connectivity index (χ2v) is 4.62. The van der Waals surface area contributed by atoms with E-state index >= 15 is 0 Å². The van der Waals surface area contributed by atoms with Crippen LogP contribution in [0.15, 0.2) is 28.9 Å². The van der Waals surface area contributed by atoms with Crippen LogP contribution in [-0.2, 0) is 0 Å². The Hall–Kier alpha value is -2.03. The molecule has 0 radical (unpaired) electrons. The Morgan fingerprint density at radius 2 is 1.83 bits per heavy atom. The first-order chi connectivity index (χ1) is 8.49. The number of hydrogen-bond donors (Lipinski definition) is 1. The lowest BCUT2D eigenvalue weighted by Crippen LogP contribution is -2.14. The monoisotopic (exact) mass is 243 g/mol. The fourth-order valence-electron chi connectivity index (χ4n) is 2.05. The highest BCUT2D eigenvalue weighted by Gasteiger charge is 2.16. The summed E-state index contributed by atoms with van der Waals surface area (Å²) < 4.78 is 5.24. The van der Waals surface area contributed by atoms with E-state index < -0.39 is 0 Å². The Labute approximate surface area is 107 Å². The number of hydrogen-bond acceptors (Lipinski definition) is 2. The van der Waals surface area contributed by atoms with E-state index in [-0.39, 0.29) is 5.91 Å². The van der Waals surface area contributed by atoms with Crippen molar-refractivity contribution in [3.8, 4) is 0 Å². The molecule has 0 saturated carbocycles. The Kier molecular flexibility index (Phi) is 3.24. The van der Waals surface area contributed by atoms with Crippen LogP contribution in [0.5, 0.6) is 0 Å². The summed E-state index contributed by atoms with van der Waals surface area (Å²) in [6, 6.07) is 5.95. The number of rotatable bonds is 2. The lowest BCUT2D eigenvalue weighted by molar-refractivity contribution is 0.102. The van der Waals surface area contributed by atoms with Crippen molar-refractivity contribution >= 4 is 11.6 Å². The minimum absolute atomic E-state index is 0.120. The van der Waals surface area contributed by atoms with Gasteiger partial charge in [0.2, 0.25) is 0 Å². The third-order valence-corrected chi connectivity index (χ3v) is 3.02. The van der Waals surface area contributed by atoms with Gasteiger partial charge in [-0.1, -0.05) is 17.7 Å². The van der Waals surface area contributed by atoms with Crippen LogP contribution in [0.3, 0.4) is 0 Å². The Morgan fingerprint density at radius 3 is 2.39 bits per heavy atom. The minimum atomic E-state index is -0.120. The van der Waals surface area contributed by atoms with Gasteiger partial charge >= 0.3 is 0 Å². The molecule has 0 bridgehead atoms. The highest BCUT2D eigenvalue weighted by Crippen LogP contribution is 2.20. The molecule has 0 aliphatic rings. The van der Waals surface area contributed by atoms with Gasteiger partial charge in [-0.2, -0.15) is 0 Å². The molecular weight excluding hydrogens is 226 g/mol. The predicted molar refractivity (Wildman–Crippen MR) is 72.1 cm³/mol. The van der Waals surface area contributed by atoms with Gasteiger partial charge in [0.25, 0.3) is 5.91 Å². The van der Waals surface area contributed by atoms with E-state index in [1.165, 1.54) is 5.56 Å². The van der Waals surface area contributed by atoms with Crippen molar-refractivity contribution in [1.29, 1.82) is 0 Å². The molecule has 3 nitrogen and oxygen atoms in total. The van der Waals surface area contributed by atoms with Crippen molar-refractivity contribution in [2.45, 2.75) is 27.7 Å². The van der Waals surface area contributed by atoms with Crippen LogP contribution in [0.1, 0.15) is 32.8 Å². The molecule has 0 aliphatic carbocycles. The van der Waals surface area contributed by atoms with E-state index in [1.807, 2.05) is 39.0 Å².